The summed E-state index contributed by atoms with van der Waals surface area (Å²) in [6.07, 6.45) is 9.71. The minimum absolute atomic E-state index is 0.0942. The van der Waals surface area contributed by atoms with Crippen LogP contribution in [-0.2, 0) is 19.1 Å². The number of carbonyl (C=O) groups is 4. The number of nitrogens with zero attached hydrogens (tertiary/aromatic N) is 4. The number of methoxy groups -OCH3 is 2. The molecule has 0 radical (unpaired) electrons. The van der Waals surface area contributed by atoms with E-state index in [0.717, 1.165) is 74.1 Å². The molecule has 3 aromatic rings. The quantitative estimate of drug-likeness (QED) is 0.196. The van der Waals surface area contributed by atoms with Gasteiger partial charge in [0.25, 0.3) is 0 Å². The van der Waals surface area contributed by atoms with Gasteiger partial charge in [-0.2, -0.15) is 0 Å². The van der Waals surface area contributed by atoms with Crippen LogP contribution >= 0.6 is 0 Å². The maximum atomic E-state index is 13.5. The summed E-state index contributed by atoms with van der Waals surface area (Å²) in [4.78, 5) is 67.6. The van der Waals surface area contributed by atoms with Gasteiger partial charge in [0.1, 0.15) is 30.2 Å². The lowest BCUT2D eigenvalue weighted by molar-refractivity contribution is -0.136. The second-order valence-corrected chi connectivity index (χ2v) is 15.6. The summed E-state index contributed by atoms with van der Waals surface area (Å²) in [5.74, 6) is 1.60. The van der Waals surface area contributed by atoms with Crippen molar-refractivity contribution in [2.24, 2.45) is 11.8 Å². The molecule has 3 N–H and O–H groups in total. The number of nitrogens with one attached hydrogen (secondary N) is 3. The van der Waals surface area contributed by atoms with Gasteiger partial charge in [-0.1, -0.05) is 52.0 Å². The molecule has 1 aromatic carbocycles. The van der Waals surface area contributed by atoms with Gasteiger partial charge in [0, 0.05) is 19.0 Å². The molecule has 2 aliphatic heterocycles. The first-order valence-electron chi connectivity index (χ1n) is 19.4. The van der Waals surface area contributed by atoms with Gasteiger partial charge in [0.15, 0.2) is 0 Å². The lowest BCUT2D eigenvalue weighted by Gasteiger charge is -2.30. The molecule has 0 spiro atoms. The van der Waals surface area contributed by atoms with Crippen LogP contribution in [-0.4, -0.2) is 88.1 Å². The van der Waals surface area contributed by atoms with Crippen molar-refractivity contribution in [3.8, 4) is 11.3 Å². The molecule has 4 heterocycles. The van der Waals surface area contributed by atoms with Gasteiger partial charge in [-0.25, -0.2) is 19.6 Å². The molecular formula is C40H55N7O7. The molecule has 2 aromatic heterocycles. The predicted molar refractivity (Wildman–Crippen MR) is 200 cm³/mol. The van der Waals surface area contributed by atoms with Crippen molar-refractivity contribution >= 4 is 24.0 Å². The van der Waals surface area contributed by atoms with Gasteiger partial charge in [-0.15, -0.1) is 0 Å². The fourth-order valence-electron chi connectivity index (χ4n) is 8.31. The maximum absolute atomic E-state index is 13.5. The Morgan fingerprint density at radius 2 is 1.31 bits per heavy atom. The normalized spacial score (nSPS) is 22.7. The van der Waals surface area contributed by atoms with Crippen LogP contribution in [0.4, 0.5) is 9.59 Å². The molecule has 2 saturated heterocycles. The number of likely N-dealkylation sites (tertiary alicyclic amines) is 2. The highest BCUT2D eigenvalue weighted by Gasteiger charge is 2.40. The Morgan fingerprint density at radius 3 is 1.87 bits per heavy atom. The molecule has 2 unspecified atom stereocenters. The Labute approximate surface area is 317 Å². The number of imidazole rings is 1. The third kappa shape index (κ3) is 8.42. The zero-order chi connectivity index (χ0) is 38.5. The van der Waals surface area contributed by atoms with E-state index in [0.29, 0.717) is 30.8 Å². The average Bonchev–Trinajstić information content (AvgIpc) is 4.02. The van der Waals surface area contributed by atoms with E-state index in [-0.39, 0.29) is 35.7 Å². The molecule has 292 valence electrons. The van der Waals surface area contributed by atoms with E-state index in [2.05, 4.69) is 39.9 Å². The third-order valence-electron chi connectivity index (χ3n) is 11.4. The van der Waals surface area contributed by atoms with E-state index >= 15 is 0 Å². The number of hydrogen-bond acceptors (Lipinski definition) is 9. The highest BCUT2D eigenvalue weighted by Crippen LogP contribution is 2.42. The molecule has 6 rings (SSSR count). The molecule has 1 saturated carbocycles. The Hall–Kier alpha value is -4.88. The van der Waals surface area contributed by atoms with Crippen LogP contribution in [0.25, 0.3) is 11.3 Å². The number of ether oxygens (including phenoxy) is 2. The molecule has 4 amide bonds. The fraction of sp³-hybridized carbons (Fsp3) is 0.600. The van der Waals surface area contributed by atoms with Crippen molar-refractivity contribution in [2.75, 3.05) is 27.3 Å². The first kappa shape index (κ1) is 38.8. The summed E-state index contributed by atoms with van der Waals surface area (Å²) in [7, 11) is 2.59. The monoisotopic (exact) mass is 745 g/mol. The van der Waals surface area contributed by atoms with Crippen LogP contribution in [0.15, 0.2) is 41.1 Å². The van der Waals surface area contributed by atoms with Crippen molar-refractivity contribution in [1.29, 1.82) is 0 Å². The summed E-state index contributed by atoms with van der Waals surface area (Å²) >= 11 is 0. The summed E-state index contributed by atoms with van der Waals surface area (Å²) in [6, 6.07) is 6.88. The Balaban J connectivity index is 1.04. The van der Waals surface area contributed by atoms with Gasteiger partial charge < -0.3 is 39.3 Å². The first-order valence-corrected chi connectivity index (χ1v) is 19.4. The van der Waals surface area contributed by atoms with Crippen molar-refractivity contribution in [1.82, 2.24) is 35.4 Å². The number of hydrogen-bond donors (Lipinski definition) is 3. The van der Waals surface area contributed by atoms with E-state index in [9.17, 15) is 19.2 Å². The van der Waals surface area contributed by atoms with Crippen molar-refractivity contribution < 1.29 is 33.1 Å². The molecule has 3 aliphatic rings. The molecule has 14 nitrogen and oxygen atoms in total. The minimum atomic E-state index is -0.684. The number of H-pyrrole nitrogens is 1. The van der Waals surface area contributed by atoms with Crippen LogP contribution in [0.3, 0.4) is 0 Å². The summed E-state index contributed by atoms with van der Waals surface area (Å²) < 4.78 is 15.5. The second-order valence-electron chi connectivity index (χ2n) is 15.6. The Kier molecular flexibility index (Phi) is 12.3. The lowest BCUT2D eigenvalue weighted by atomic mass is 9.77. The molecule has 14 heteroatoms. The van der Waals surface area contributed by atoms with E-state index in [1.807, 2.05) is 38.8 Å². The molecule has 1 aliphatic carbocycles. The maximum Gasteiger partial charge on any atom is 0.407 e. The first-order chi connectivity index (χ1) is 26.0. The SMILES string of the molecule is COC(=O)N[C@H](C(=O)N1CCCC1c1ncc(-c2ccc([C@H]3CC[C@H](c4coc(C5CCCN5C(=O)[C@@H](NC(=O)OC)C(C)C)n4)CC3)cc2)[nH]1)C(C)C. The smallest absolute Gasteiger partial charge is 0.407 e. The van der Waals surface area contributed by atoms with Gasteiger partial charge in [-0.3, -0.25) is 9.59 Å². The summed E-state index contributed by atoms with van der Waals surface area (Å²) in [5.41, 5.74) is 4.19. The second kappa shape index (κ2) is 17.1. The average molecular weight is 746 g/mol. The van der Waals surface area contributed by atoms with Gasteiger partial charge in [-0.05, 0) is 80.2 Å². The molecule has 0 bridgehead atoms. The largest absolute Gasteiger partial charge is 0.453 e. The topological polar surface area (TPSA) is 172 Å². The highest BCUT2D eigenvalue weighted by molar-refractivity contribution is 5.87. The van der Waals surface area contributed by atoms with Crippen LogP contribution in [0.1, 0.15) is 126 Å². The number of aromatic nitrogens is 3. The van der Waals surface area contributed by atoms with Gasteiger partial charge >= 0.3 is 12.2 Å². The minimum Gasteiger partial charge on any atom is -0.453 e. The zero-order valence-electron chi connectivity index (χ0n) is 32.3. The molecule has 4 atom stereocenters. The number of alkyl carbamates (subject to hydrolysis) is 2. The van der Waals surface area contributed by atoms with Crippen LogP contribution in [0, 0.1) is 11.8 Å². The van der Waals surface area contributed by atoms with Crippen LogP contribution in [0.2, 0.25) is 0 Å². The van der Waals surface area contributed by atoms with Gasteiger partial charge in [0.05, 0.1) is 37.8 Å². The summed E-state index contributed by atoms with van der Waals surface area (Å²) in [6.45, 7) is 8.82. The highest BCUT2D eigenvalue weighted by atomic mass is 16.5. The number of carbonyl (C=O) groups excluding carboxylic acids is 4. The number of rotatable bonds is 11. The van der Waals surface area contributed by atoms with E-state index < -0.39 is 24.3 Å². The number of amides is 4. The predicted octanol–water partition coefficient (Wildman–Crippen LogP) is 6.59. The van der Waals surface area contributed by atoms with E-state index in [1.54, 1.807) is 11.2 Å². The number of oxazole rings is 1. The molecule has 3 fully saturated rings. The third-order valence-corrected chi connectivity index (χ3v) is 11.4. The summed E-state index contributed by atoms with van der Waals surface area (Å²) in [5, 5.41) is 5.40. The van der Waals surface area contributed by atoms with Crippen molar-refractivity contribution in [2.45, 2.75) is 115 Å². The Morgan fingerprint density at radius 1 is 0.778 bits per heavy atom. The van der Waals surface area contributed by atoms with Crippen molar-refractivity contribution in [3.63, 3.8) is 0 Å². The van der Waals surface area contributed by atoms with Crippen LogP contribution < -0.4 is 10.6 Å². The zero-order valence-corrected chi connectivity index (χ0v) is 32.3. The molecule has 54 heavy (non-hydrogen) atoms. The lowest BCUT2D eigenvalue weighted by Crippen LogP contribution is -2.51. The standard InChI is InChI=1S/C40H55N7O7/c1-23(2)33(44-39(50)52-5)37(48)46-19-7-9-31(46)35-41-21-29(42-35)27-15-11-25(12-16-27)26-13-17-28(18-14-26)30-22-54-36(43-30)32-10-8-20-47(32)38(49)34(24(3)4)45-40(51)53-6/h11-12,15-16,21-24,26,28,31-34H,7-10,13-14,17-20H2,1-6H3,(H,41,42)(H,44,50)(H,45,51)/t26-,28-,31?,32?,33-,34-/m0/s1. The van der Waals surface area contributed by atoms with E-state index in [1.165, 1.54) is 19.8 Å². The number of aromatic amines is 1. The fourth-order valence-corrected chi connectivity index (χ4v) is 8.31. The number of benzene rings is 1. The van der Waals surface area contributed by atoms with Crippen molar-refractivity contribution in [3.05, 3.63) is 59.7 Å². The van der Waals surface area contributed by atoms with E-state index in [4.69, 9.17) is 23.9 Å². The molecular weight excluding hydrogens is 690 g/mol. The van der Waals surface area contributed by atoms with Crippen LogP contribution in [0.5, 0.6) is 0 Å². The van der Waals surface area contributed by atoms with Gasteiger partial charge in [0.2, 0.25) is 17.7 Å². The Bertz CT molecular complexity index is 1760.